The Balaban J connectivity index is 1.28. The molecule has 144 valence electrons. The lowest BCUT2D eigenvalue weighted by Crippen LogP contribution is -2.49. The van der Waals surface area contributed by atoms with Gasteiger partial charge in [-0.3, -0.25) is 4.79 Å². The lowest BCUT2D eigenvalue weighted by atomic mass is 10.2. The Morgan fingerprint density at radius 2 is 1.71 bits per heavy atom. The molecule has 28 heavy (non-hydrogen) atoms. The number of amides is 1. The Kier molecular flexibility index (Phi) is 5.37. The minimum Gasteiger partial charge on any atom is -0.441 e. The van der Waals surface area contributed by atoms with Crippen molar-refractivity contribution in [3.63, 3.8) is 0 Å². The summed E-state index contributed by atoms with van der Waals surface area (Å²) >= 11 is 0. The number of hydrogen-bond acceptors (Lipinski definition) is 4. The number of aromatic nitrogens is 1. The number of carbonyl (C=O) groups is 1. The molecule has 0 radical (unpaired) electrons. The number of oxazole rings is 1. The first-order chi connectivity index (χ1) is 13.7. The molecule has 0 N–H and O–H groups in total. The number of anilines is 1. The van der Waals surface area contributed by atoms with Crippen LogP contribution in [0, 0.1) is 5.82 Å². The number of aryl methyl sites for hydroxylation is 1. The predicted molar refractivity (Wildman–Crippen MR) is 105 cm³/mol. The molecule has 1 aromatic heterocycles. The van der Waals surface area contributed by atoms with E-state index in [9.17, 15) is 9.18 Å². The van der Waals surface area contributed by atoms with Crippen LogP contribution in [0.1, 0.15) is 12.3 Å². The van der Waals surface area contributed by atoms with Gasteiger partial charge in [0, 0.05) is 44.6 Å². The number of para-hydroxylation sites is 1. The molecule has 0 saturated carbocycles. The van der Waals surface area contributed by atoms with E-state index in [1.807, 2.05) is 46.2 Å². The third-order valence-corrected chi connectivity index (χ3v) is 4.99. The van der Waals surface area contributed by atoms with E-state index in [2.05, 4.69) is 4.98 Å². The van der Waals surface area contributed by atoms with Crippen LogP contribution < -0.4 is 4.90 Å². The zero-order chi connectivity index (χ0) is 19.3. The Hall–Kier alpha value is -3.15. The van der Waals surface area contributed by atoms with E-state index in [4.69, 9.17) is 4.42 Å². The van der Waals surface area contributed by atoms with Gasteiger partial charge in [-0.2, -0.15) is 0 Å². The Bertz CT molecular complexity index is 934. The fourth-order valence-corrected chi connectivity index (χ4v) is 3.44. The number of benzene rings is 2. The topological polar surface area (TPSA) is 49.6 Å². The molecule has 4 rings (SSSR count). The van der Waals surface area contributed by atoms with Gasteiger partial charge in [0.15, 0.2) is 11.7 Å². The molecule has 3 aromatic rings. The normalized spacial score (nSPS) is 14.3. The Morgan fingerprint density at radius 1 is 1.00 bits per heavy atom. The van der Waals surface area contributed by atoms with Crippen LogP contribution >= 0.6 is 0 Å². The van der Waals surface area contributed by atoms with Crippen molar-refractivity contribution in [3.05, 3.63) is 72.5 Å². The Morgan fingerprint density at radius 3 is 2.46 bits per heavy atom. The van der Waals surface area contributed by atoms with Gasteiger partial charge < -0.3 is 14.2 Å². The lowest BCUT2D eigenvalue weighted by molar-refractivity contribution is -0.131. The second-order valence-corrected chi connectivity index (χ2v) is 6.80. The first kappa shape index (κ1) is 18.2. The summed E-state index contributed by atoms with van der Waals surface area (Å²) in [5.74, 6) is 1.13. The van der Waals surface area contributed by atoms with Crippen LogP contribution in [0.15, 0.2) is 65.2 Å². The van der Waals surface area contributed by atoms with Crippen LogP contribution in [0.3, 0.4) is 0 Å². The second-order valence-electron chi connectivity index (χ2n) is 6.80. The molecule has 2 heterocycles. The lowest BCUT2D eigenvalue weighted by Gasteiger charge is -2.36. The van der Waals surface area contributed by atoms with Gasteiger partial charge in [0.1, 0.15) is 5.82 Å². The molecule has 1 amide bonds. The summed E-state index contributed by atoms with van der Waals surface area (Å²) in [6, 6.07) is 16.5. The van der Waals surface area contributed by atoms with E-state index in [0.29, 0.717) is 56.4 Å². The highest BCUT2D eigenvalue weighted by atomic mass is 19.1. The van der Waals surface area contributed by atoms with Gasteiger partial charge in [-0.25, -0.2) is 9.37 Å². The van der Waals surface area contributed by atoms with Crippen molar-refractivity contribution in [2.24, 2.45) is 0 Å². The minimum atomic E-state index is -0.222. The molecule has 1 fully saturated rings. The van der Waals surface area contributed by atoms with E-state index < -0.39 is 0 Å². The predicted octanol–water partition coefficient (Wildman–Crippen LogP) is 3.76. The largest absolute Gasteiger partial charge is 0.441 e. The third-order valence-electron chi connectivity index (χ3n) is 4.99. The number of nitrogens with zero attached hydrogens (tertiary/aromatic N) is 3. The zero-order valence-electron chi connectivity index (χ0n) is 15.6. The van der Waals surface area contributed by atoms with E-state index in [1.54, 1.807) is 18.3 Å². The maximum Gasteiger partial charge on any atom is 0.223 e. The second kappa shape index (κ2) is 8.25. The van der Waals surface area contributed by atoms with Gasteiger partial charge in [0.25, 0.3) is 0 Å². The average molecular weight is 379 g/mol. The van der Waals surface area contributed by atoms with Crippen LogP contribution in [0.4, 0.5) is 10.1 Å². The molecule has 1 saturated heterocycles. The summed E-state index contributed by atoms with van der Waals surface area (Å²) in [5.41, 5.74) is 1.57. The summed E-state index contributed by atoms with van der Waals surface area (Å²) in [4.78, 5) is 20.6. The maximum atomic E-state index is 13.9. The number of hydrogen-bond donors (Lipinski definition) is 0. The van der Waals surface area contributed by atoms with Crippen LogP contribution in [0.2, 0.25) is 0 Å². The molecule has 0 atom stereocenters. The first-order valence-electron chi connectivity index (χ1n) is 9.48. The fourth-order valence-electron chi connectivity index (χ4n) is 3.44. The van der Waals surface area contributed by atoms with Crippen molar-refractivity contribution >= 4 is 11.6 Å². The van der Waals surface area contributed by atoms with Crippen LogP contribution in [0.5, 0.6) is 0 Å². The van der Waals surface area contributed by atoms with Gasteiger partial charge in [-0.15, -0.1) is 0 Å². The fraction of sp³-hybridized carbons (Fsp3) is 0.273. The van der Waals surface area contributed by atoms with E-state index in [0.717, 1.165) is 5.56 Å². The quantitative estimate of drug-likeness (QED) is 0.677. The molecule has 0 unspecified atom stereocenters. The highest BCUT2D eigenvalue weighted by Crippen LogP contribution is 2.22. The molecule has 0 bridgehead atoms. The molecule has 6 heteroatoms. The monoisotopic (exact) mass is 379 g/mol. The van der Waals surface area contributed by atoms with Gasteiger partial charge in [-0.05, 0) is 12.1 Å². The SMILES string of the molecule is O=C(CCc1ncc(-c2ccccc2)o1)N1CCN(c2ccccc2F)CC1. The van der Waals surface area contributed by atoms with Crippen LogP contribution in [-0.2, 0) is 11.2 Å². The first-order valence-corrected chi connectivity index (χ1v) is 9.48. The maximum absolute atomic E-state index is 13.9. The molecule has 0 aliphatic carbocycles. The summed E-state index contributed by atoms with van der Waals surface area (Å²) < 4.78 is 19.7. The highest BCUT2D eigenvalue weighted by Gasteiger charge is 2.22. The van der Waals surface area contributed by atoms with Gasteiger partial charge >= 0.3 is 0 Å². The summed E-state index contributed by atoms with van der Waals surface area (Å²) in [6.45, 7) is 2.44. The van der Waals surface area contributed by atoms with Gasteiger partial charge in [-0.1, -0.05) is 42.5 Å². The standard InChI is InChI=1S/C22H22FN3O2/c23-18-8-4-5-9-19(18)25-12-14-26(15-13-25)22(27)11-10-21-24-16-20(28-21)17-6-2-1-3-7-17/h1-9,16H,10-15H2. The molecule has 0 spiro atoms. The van der Waals surface area contributed by atoms with Crippen molar-refractivity contribution in [1.82, 2.24) is 9.88 Å². The molecule has 5 nitrogen and oxygen atoms in total. The van der Waals surface area contributed by atoms with Gasteiger partial charge in [0.05, 0.1) is 11.9 Å². The van der Waals surface area contributed by atoms with Crippen molar-refractivity contribution in [2.45, 2.75) is 12.8 Å². The Labute approximate surface area is 163 Å². The van der Waals surface area contributed by atoms with Crippen molar-refractivity contribution in [2.75, 3.05) is 31.1 Å². The highest BCUT2D eigenvalue weighted by molar-refractivity contribution is 5.76. The summed E-state index contributed by atoms with van der Waals surface area (Å²) in [6.07, 6.45) is 2.52. The summed E-state index contributed by atoms with van der Waals surface area (Å²) in [5, 5.41) is 0. The molecule has 1 aliphatic rings. The molecular weight excluding hydrogens is 357 g/mol. The molecule has 2 aromatic carbocycles. The van der Waals surface area contributed by atoms with Crippen molar-refractivity contribution < 1.29 is 13.6 Å². The van der Waals surface area contributed by atoms with Crippen LogP contribution in [0.25, 0.3) is 11.3 Å². The number of carbonyl (C=O) groups excluding carboxylic acids is 1. The van der Waals surface area contributed by atoms with E-state index in [1.165, 1.54) is 6.07 Å². The van der Waals surface area contributed by atoms with Gasteiger partial charge in [0.2, 0.25) is 5.91 Å². The third kappa shape index (κ3) is 4.06. The average Bonchev–Trinajstić information content (AvgIpc) is 3.22. The van der Waals surface area contributed by atoms with Crippen LogP contribution in [-0.4, -0.2) is 42.0 Å². The molecule has 1 aliphatic heterocycles. The van der Waals surface area contributed by atoms with E-state index >= 15 is 0 Å². The summed E-state index contributed by atoms with van der Waals surface area (Å²) in [7, 11) is 0. The number of rotatable bonds is 5. The van der Waals surface area contributed by atoms with Crippen molar-refractivity contribution in [3.8, 4) is 11.3 Å². The van der Waals surface area contributed by atoms with E-state index in [-0.39, 0.29) is 11.7 Å². The smallest absolute Gasteiger partial charge is 0.223 e. The number of piperazine rings is 1. The van der Waals surface area contributed by atoms with Crippen molar-refractivity contribution in [1.29, 1.82) is 0 Å². The number of halogens is 1. The zero-order valence-corrected chi connectivity index (χ0v) is 15.6. The minimum absolute atomic E-state index is 0.0765. The molecular formula is C22H22FN3O2.